The van der Waals surface area contributed by atoms with Crippen LogP contribution in [0.25, 0.3) is 0 Å². The Morgan fingerprint density at radius 3 is 1.47 bits per heavy atom. The van der Waals surface area contributed by atoms with E-state index in [0.29, 0.717) is 18.6 Å². The number of thiol groups is 1. The van der Waals surface area contributed by atoms with Gasteiger partial charge in [0.1, 0.15) is 6.61 Å². The van der Waals surface area contributed by atoms with Gasteiger partial charge in [0.05, 0.1) is 13.2 Å². The van der Waals surface area contributed by atoms with Crippen molar-refractivity contribution in [3.63, 3.8) is 0 Å². The quantitative estimate of drug-likeness (QED) is 0.0155. The van der Waals surface area contributed by atoms with Gasteiger partial charge in [-0.15, -0.1) is 0 Å². The number of ether oxygens (including phenoxy) is 2. The third-order valence-electron chi connectivity index (χ3n) is 9.44. The van der Waals surface area contributed by atoms with Gasteiger partial charge < -0.3 is 28.7 Å². The molecule has 0 radical (unpaired) electrons. The number of carbonyl (C=O) groups excluding carboxylic acids is 3. The Bertz CT molecular complexity index is 1050. The van der Waals surface area contributed by atoms with Crippen LogP contribution in [0.15, 0.2) is 24.3 Å². The molecule has 0 fully saturated rings. The molecule has 0 aromatic rings. The van der Waals surface area contributed by atoms with E-state index in [1.165, 1.54) is 83.5 Å². The summed E-state index contributed by atoms with van der Waals surface area (Å²) < 4.78 is 33.0. The molecule has 1 unspecified atom stereocenters. The van der Waals surface area contributed by atoms with Crippen LogP contribution >= 0.6 is 20.5 Å². The van der Waals surface area contributed by atoms with E-state index in [2.05, 4.69) is 56.1 Å². The summed E-state index contributed by atoms with van der Waals surface area (Å²) in [4.78, 5) is 49.0. The van der Waals surface area contributed by atoms with Crippen molar-refractivity contribution in [1.29, 1.82) is 0 Å². The number of amides is 1. The Morgan fingerprint density at radius 1 is 0.596 bits per heavy atom. The largest absolute Gasteiger partial charge is 1.00 e. The number of unbranched alkanes of at least 4 members (excludes halogenated alkanes) is 22. The maximum absolute atomic E-state index is 12.7. The van der Waals surface area contributed by atoms with Crippen LogP contribution in [0.5, 0.6) is 0 Å². The molecule has 13 heteroatoms. The van der Waals surface area contributed by atoms with E-state index in [0.717, 1.165) is 70.6 Å². The fourth-order valence-corrected chi connectivity index (χ4v) is 6.99. The first-order chi connectivity index (χ1) is 27.2. The number of hydrogen-bond donors (Lipinski definition) is 2. The number of allylic oxidation sites excluding steroid dienone is 4. The maximum atomic E-state index is 12.7. The summed E-state index contributed by atoms with van der Waals surface area (Å²) in [6, 6.07) is 0. The number of phosphoric ester groups is 1. The second kappa shape index (κ2) is 44.9. The summed E-state index contributed by atoms with van der Waals surface area (Å²) in [5.74, 6) is -0.834. The van der Waals surface area contributed by atoms with Crippen LogP contribution in [-0.4, -0.2) is 56.1 Å². The molecule has 0 aliphatic carbocycles. The number of esters is 2. The molecule has 328 valence electrons. The van der Waals surface area contributed by atoms with Crippen molar-refractivity contribution in [3.05, 3.63) is 24.3 Å². The minimum atomic E-state index is -4.77. The number of rotatable bonds is 42. The van der Waals surface area contributed by atoms with Gasteiger partial charge in [-0.05, 0) is 70.0 Å². The molecule has 0 aliphatic heterocycles. The summed E-state index contributed by atoms with van der Waals surface area (Å²) >= 11 is 3.98. The van der Waals surface area contributed by atoms with Crippen molar-refractivity contribution in [1.82, 2.24) is 5.32 Å². The summed E-state index contributed by atoms with van der Waals surface area (Å²) in [7, 11) is -4.77. The predicted molar refractivity (Wildman–Crippen MR) is 231 cm³/mol. The van der Waals surface area contributed by atoms with E-state index in [-0.39, 0.29) is 74.5 Å². The van der Waals surface area contributed by atoms with E-state index in [1.807, 2.05) is 0 Å². The first-order valence-electron chi connectivity index (χ1n) is 22.4. The van der Waals surface area contributed by atoms with Crippen LogP contribution in [0.2, 0.25) is 0 Å². The summed E-state index contributed by atoms with van der Waals surface area (Å²) in [6.07, 6.45) is 38.7. The summed E-state index contributed by atoms with van der Waals surface area (Å²) in [5.41, 5.74) is 0. The molecule has 0 saturated carbocycles. The number of phosphoric acid groups is 1. The van der Waals surface area contributed by atoms with E-state index in [4.69, 9.17) is 18.5 Å². The molecule has 2 atom stereocenters. The molecule has 0 bridgehead atoms. The Morgan fingerprint density at radius 2 is 1.02 bits per heavy atom. The topological polar surface area (TPSA) is 140 Å². The smallest absolute Gasteiger partial charge is 0.756 e. The number of nitrogens with one attached hydrogen (secondary N) is 1. The minimum Gasteiger partial charge on any atom is -0.756 e. The van der Waals surface area contributed by atoms with Gasteiger partial charge in [0.2, 0.25) is 5.91 Å². The van der Waals surface area contributed by atoms with Gasteiger partial charge in [-0.2, -0.15) is 12.6 Å². The van der Waals surface area contributed by atoms with Gasteiger partial charge in [-0.1, -0.05) is 141 Å². The standard InChI is InChI=1S/C44H82NO9PS.Na/c1-3-5-7-9-11-13-15-17-19-21-23-25-27-29-31-33-43(47)51-39-41(40-53-55(49,50)52-37-36-45-42(46)35-38-56)54-44(48)34-32-30-28-26-24-22-20-18-16-14-12-10-8-6-4-2;/h17-20,41,56H,3-16,21-40H2,1-2H3,(H,45,46)(H,49,50);/q;+1/p-1/b19-17-,20-18-;/t41-;/m1./s1. The van der Waals surface area contributed by atoms with Gasteiger partial charge in [-0.25, -0.2) is 0 Å². The first kappa shape index (κ1) is 58.4. The molecular weight excluding hydrogens is 773 g/mol. The van der Waals surface area contributed by atoms with Crippen LogP contribution in [0.4, 0.5) is 0 Å². The van der Waals surface area contributed by atoms with Gasteiger partial charge in [0.15, 0.2) is 6.10 Å². The van der Waals surface area contributed by atoms with Crippen molar-refractivity contribution in [2.24, 2.45) is 0 Å². The zero-order valence-corrected chi connectivity index (χ0v) is 40.3. The van der Waals surface area contributed by atoms with Gasteiger partial charge in [-0.3, -0.25) is 18.9 Å². The summed E-state index contributed by atoms with van der Waals surface area (Å²) in [6.45, 7) is 3.28. The molecule has 0 aromatic heterocycles. The van der Waals surface area contributed by atoms with Crippen LogP contribution in [0.1, 0.15) is 200 Å². The average molecular weight is 854 g/mol. The zero-order chi connectivity index (χ0) is 41.2. The zero-order valence-electron chi connectivity index (χ0n) is 36.5. The van der Waals surface area contributed by atoms with E-state index in [1.54, 1.807) is 0 Å². The van der Waals surface area contributed by atoms with Crippen LogP contribution in [0.3, 0.4) is 0 Å². The Balaban J connectivity index is 0. The van der Waals surface area contributed by atoms with E-state index >= 15 is 0 Å². The Hall–Kier alpha value is -0.650. The van der Waals surface area contributed by atoms with Crippen molar-refractivity contribution >= 4 is 38.3 Å². The molecule has 0 aromatic carbocycles. The van der Waals surface area contributed by atoms with Gasteiger partial charge in [0, 0.05) is 25.8 Å². The molecular formula is C44H81NNaO9PS. The van der Waals surface area contributed by atoms with Crippen LogP contribution < -0.4 is 39.8 Å². The van der Waals surface area contributed by atoms with Gasteiger partial charge in [0.25, 0.3) is 7.82 Å². The van der Waals surface area contributed by atoms with Crippen molar-refractivity contribution in [3.8, 4) is 0 Å². The molecule has 0 aliphatic rings. The third-order valence-corrected chi connectivity index (χ3v) is 10.6. The van der Waals surface area contributed by atoms with Crippen molar-refractivity contribution in [2.75, 3.05) is 32.1 Å². The minimum absolute atomic E-state index is 0. The van der Waals surface area contributed by atoms with Crippen molar-refractivity contribution < 1.29 is 71.9 Å². The van der Waals surface area contributed by atoms with E-state index in [9.17, 15) is 23.8 Å². The maximum Gasteiger partial charge on any atom is 1.00 e. The second-order valence-corrected chi connectivity index (χ2v) is 16.7. The summed E-state index contributed by atoms with van der Waals surface area (Å²) in [5, 5.41) is 2.52. The number of hydrogen-bond acceptors (Lipinski definition) is 10. The monoisotopic (exact) mass is 854 g/mol. The van der Waals surface area contributed by atoms with Crippen LogP contribution in [0, 0.1) is 0 Å². The molecule has 1 N–H and O–H groups in total. The molecule has 57 heavy (non-hydrogen) atoms. The molecule has 10 nitrogen and oxygen atoms in total. The SMILES string of the molecule is CCCCCCCC/C=C\CCCCCCCC(=O)OC[C@H](COP(=O)([O-])OCCNC(=O)CCS)OC(=O)CCCCCCC/C=C\CCCCCCCC.[Na+]. The first-order valence-corrected chi connectivity index (χ1v) is 24.5. The molecule has 0 spiro atoms. The van der Waals surface area contributed by atoms with Crippen LogP contribution in [-0.2, 0) is 37.5 Å². The third kappa shape index (κ3) is 44.7. The average Bonchev–Trinajstić information content (AvgIpc) is 3.17. The molecule has 1 amide bonds. The second-order valence-electron chi connectivity index (χ2n) is 14.9. The molecule has 0 rings (SSSR count). The van der Waals surface area contributed by atoms with E-state index < -0.39 is 32.5 Å². The fourth-order valence-electron chi connectivity index (χ4n) is 6.05. The predicted octanol–water partition coefficient (Wildman–Crippen LogP) is 8.46. The Labute approximate surface area is 375 Å². The normalized spacial score (nSPS) is 13.1. The van der Waals surface area contributed by atoms with Gasteiger partial charge >= 0.3 is 41.5 Å². The number of carbonyl (C=O) groups is 3. The fraction of sp³-hybridized carbons (Fsp3) is 0.841. The molecule has 0 heterocycles. The Kier molecular flexibility index (Phi) is 46.0. The van der Waals surface area contributed by atoms with Crippen molar-refractivity contribution in [2.45, 2.75) is 206 Å². The molecule has 0 saturated heterocycles.